The molecule has 1 N–H and O–H groups in total. The molecule has 11 heteroatoms. The Morgan fingerprint density at radius 2 is 1.80 bits per heavy atom. The molecule has 3 saturated heterocycles. The van der Waals surface area contributed by atoms with Crippen LogP contribution in [0.4, 0.5) is 18.0 Å². The fraction of sp³-hybridized carbons (Fsp3) is 0.625. The summed E-state index contributed by atoms with van der Waals surface area (Å²) in [6, 6.07) is 4.41. The molecule has 0 spiro atoms. The van der Waals surface area contributed by atoms with Crippen LogP contribution < -0.4 is 5.32 Å². The SMILES string of the molecule is C[C@]1(C2CCN(C(=O)Cc3cccc(C(F)(F)F)c3)CC2)NC(=O)N(CCN2CCOCC2)C1=O. The van der Waals surface area contributed by atoms with E-state index in [-0.39, 0.29) is 24.2 Å². The second-order valence-electron chi connectivity index (χ2n) is 9.57. The molecule has 8 nitrogen and oxygen atoms in total. The highest BCUT2D eigenvalue weighted by Crippen LogP contribution is 2.34. The topological polar surface area (TPSA) is 82.2 Å². The summed E-state index contributed by atoms with van der Waals surface area (Å²) in [5, 5.41) is 2.88. The molecule has 3 aliphatic heterocycles. The molecule has 0 radical (unpaired) electrons. The average Bonchev–Trinajstić information content (AvgIpc) is 3.06. The molecule has 3 aliphatic rings. The van der Waals surface area contributed by atoms with Crippen LogP contribution in [0.2, 0.25) is 0 Å². The van der Waals surface area contributed by atoms with Gasteiger partial charge >= 0.3 is 12.2 Å². The van der Waals surface area contributed by atoms with Crippen LogP contribution >= 0.6 is 0 Å². The Hall–Kier alpha value is -2.66. The zero-order valence-electron chi connectivity index (χ0n) is 19.8. The third kappa shape index (κ3) is 5.61. The Labute approximate surface area is 202 Å². The van der Waals surface area contributed by atoms with Gasteiger partial charge in [-0.2, -0.15) is 13.2 Å². The number of imide groups is 1. The predicted octanol–water partition coefficient (Wildman–Crippen LogP) is 2.13. The Kier molecular flexibility index (Phi) is 7.37. The minimum atomic E-state index is -4.46. The summed E-state index contributed by atoms with van der Waals surface area (Å²) in [6.07, 6.45) is -3.53. The molecule has 0 aliphatic carbocycles. The van der Waals surface area contributed by atoms with Crippen molar-refractivity contribution in [1.29, 1.82) is 0 Å². The zero-order valence-corrected chi connectivity index (χ0v) is 19.8. The first-order valence-electron chi connectivity index (χ1n) is 12.0. The quantitative estimate of drug-likeness (QED) is 0.611. The number of carbonyl (C=O) groups excluding carboxylic acids is 3. The summed E-state index contributed by atoms with van der Waals surface area (Å²) in [7, 11) is 0. The average molecular weight is 497 g/mol. The second kappa shape index (κ2) is 10.1. The van der Waals surface area contributed by atoms with Crippen molar-refractivity contribution in [2.45, 2.75) is 37.9 Å². The lowest BCUT2D eigenvalue weighted by atomic mass is 9.79. The van der Waals surface area contributed by atoms with E-state index >= 15 is 0 Å². The molecule has 4 rings (SSSR count). The first-order chi connectivity index (χ1) is 16.6. The summed E-state index contributed by atoms with van der Waals surface area (Å²) in [6.45, 7) is 6.25. The predicted molar refractivity (Wildman–Crippen MR) is 120 cm³/mol. The molecule has 1 aromatic carbocycles. The molecule has 0 aromatic heterocycles. The van der Waals surface area contributed by atoms with Gasteiger partial charge in [0.05, 0.1) is 25.2 Å². The van der Waals surface area contributed by atoms with Crippen molar-refractivity contribution < 1.29 is 32.3 Å². The molecular weight excluding hydrogens is 465 g/mol. The number of piperidine rings is 1. The number of halogens is 3. The van der Waals surface area contributed by atoms with Crippen LogP contribution in [0.1, 0.15) is 30.9 Å². The fourth-order valence-corrected chi connectivity index (χ4v) is 5.11. The molecule has 0 unspecified atom stereocenters. The van der Waals surface area contributed by atoms with Crippen molar-refractivity contribution in [1.82, 2.24) is 20.0 Å². The fourth-order valence-electron chi connectivity index (χ4n) is 5.11. The van der Waals surface area contributed by atoms with Gasteiger partial charge in [0.1, 0.15) is 5.54 Å². The number of rotatable bonds is 6. The lowest BCUT2D eigenvalue weighted by Crippen LogP contribution is -2.54. The van der Waals surface area contributed by atoms with Crippen LogP contribution in [0.25, 0.3) is 0 Å². The van der Waals surface area contributed by atoms with Gasteiger partial charge in [-0.25, -0.2) is 4.79 Å². The standard InChI is InChI=1S/C24H31F3N4O4/c1-23(21(33)31(22(34)28-23)10-9-29-11-13-35-14-12-29)18-5-7-30(8-6-18)20(32)16-17-3-2-4-19(15-17)24(25,26)27/h2-4,15,18H,5-14,16H2,1H3,(H,28,34)/t23-/m1/s1. The maximum atomic E-state index is 13.2. The van der Waals surface area contributed by atoms with Gasteiger partial charge in [-0.3, -0.25) is 19.4 Å². The number of benzene rings is 1. The summed E-state index contributed by atoms with van der Waals surface area (Å²) in [5.74, 6) is -0.628. The van der Waals surface area contributed by atoms with Crippen LogP contribution in [0.5, 0.6) is 0 Å². The molecule has 35 heavy (non-hydrogen) atoms. The first-order valence-corrected chi connectivity index (χ1v) is 12.0. The van der Waals surface area contributed by atoms with E-state index in [1.807, 2.05) is 0 Å². The lowest BCUT2D eigenvalue weighted by molar-refractivity contribution is -0.138. The molecule has 1 aromatic rings. The van der Waals surface area contributed by atoms with Crippen LogP contribution in [0.3, 0.4) is 0 Å². The van der Waals surface area contributed by atoms with E-state index in [4.69, 9.17) is 4.74 Å². The number of likely N-dealkylation sites (tertiary alicyclic amines) is 1. The van der Waals surface area contributed by atoms with E-state index in [0.717, 1.165) is 25.2 Å². The van der Waals surface area contributed by atoms with Gasteiger partial charge in [0.2, 0.25) is 5.91 Å². The number of amides is 4. The number of carbonyl (C=O) groups is 3. The Morgan fingerprint density at radius 3 is 2.46 bits per heavy atom. The Bertz CT molecular complexity index is 958. The van der Waals surface area contributed by atoms with Crippen molar-refractivity contribution in [2.75, 3.05) is 52.5 Å². The third-order valence-electron chi connectivity index (χ3n) is 7.32. The number of hydrogen-bond acceptors (Lipinski definition) is 5. The number of hydrogen-bond donors (Lipinski definition) is 1. The van der Waals surface area contributed by atoms with Gasteiger partial charge < -0.3 is 15.0 Å². The summed E-state index contributed by atoms with van der Waals surface area (Å²) in [4.78, 5) is 43.6. The summed E-state index contributed by atoms with van der Waals surface area (Å²) >= 11 is 0. The van der Waals surface area contributed by atoms with Crippen LogP contribution in [0, 0.1) is 5.92 Å². The second-order valence-corrected chi connectivity index (χ2v) is 9.57. The van der Waals surface area contributed by atoms with Gasteiger partial charge in [-0.15, -0.1) is 0 Å². The summed E-state index contributed by atoms with van der Waals surface area (Å²) in [5.41, 5.74) is -1.49. The van der Waals surface area contributed by atoms with Gasteiger partial charge in [0, 0.05) is 39.3 Å². The Balaban J connectivity index is 1.31. The van der Waals surface area contributed by atoms with Crippen molar-refractivity contribution >= 4 is 17.8 Å². The van der Waals surface area contributed by atoms with E-state index in [0.29, 0.717) is 57.8 Å². The van der Waals surface area contributed by atoms with Crippen LogP contribution in [0.15, 0.2) is 24.3 Å². The van der Waals surface area contributed by atoms with E-state index in [1.54, 1.807) is 11.8 Å². The molecule has 1 atom stereocenters. The van der Waals surface area contributed by atoms with Gasteiger partial charge in [0.15, 0.2) is 0 Å². The number of ether oxygens (including phenoxy) is 1. The number of nitrogens with zero attached hydrogens (tertiary/aromatic N) is 3. The van der Waals surface area contributed by atoms with E-state index in [1.165, 1.54) is 17.0 Å². The van der Waals surface area contributed by atoms with Crippen LogP contribution in [-0.4, -0.2) is 90.6 Å². The van der Waals surface area contributed by atoms with E-state index < -0.39 is 23.3 Å². The lowest BCUT2D eigenvalue weighted by Gasteiger charge is -2.39. The number of urea groups is 1. The van der Waals surface area contributed by atoms with Crippen molar-refractivity contribution in [3.05, 3.63) is 35.4 Å². The minimum absolute atomic E-state index is 0.114. The molecule has 0 saturated carbocycles. The van der Waals surface area contributed by atoms with Gasteiger partial charge in [-0.05, 0) is 37.3 Å². The molecule has 4 amide bonds. The van der Waals surface area contributed by atoms with Gasteiger partial charge in [0.25, 0.3) is 5.91 Å². The third-order valence-corrected chi connectivity index (χ3v) is 7.32. The normalized spacial score (nSPS) is 24.7. The van der Waals surface area contributed by atoms with Crippen molar-refractivity contribution in [3.8, 4) is 0 Å². The van der Waals surface area contributed by atoms with Crippen molar-refractivity contribution in [3.63, 3.8) is 0 Å². The molecule has 3 fully saturated rings. The molecular formula is C24H31F3N4O4. The number of alkyl halides is 3. The molecule has 0 bridgehead atoms. The highest BCUT2D eigenvalue weighted by atomic mass is 19.4. The largest absolute Gasteiger partial charge is 0.416 e. The van der Waals surface area contributed by atoms with Crippen LogP contribution in [-0.2, 0) is 26.9 Å². The van der Waals surface area contributed by atoms with Gasteiger partial charge in [-0.1, -0.05) is 18.2 Å². The van der Waals surface area contributed by atoms with E-state index in [2.05, 4.69) is 10.2 Å². The maximum Gasteiger partial charge on any atom is 0.416 e. The van der Waals surface area contributed by atoms with E-state index in [9.17, 15) is 27.6 Å². The van der Waals surface area contributed by atoms with Crippen molar-refractivity contribution in [2.24, 2.45) is 5.92 Å². The highest BCUT2D eigenvalue weighted by Gasteiger charge is 2.52. The minimum Gasteiger partial charge on any atom is -0.379 e. The molecule has 3 heterocycles. The first kappa shape index (κ1) is 25.4. The maximum absolute atomic E-state index is 13.2. The Morgan fingerprint density at radius 1 is 1.11 bits per heavy atom. The number of morpholine rings is 1. The number of nitrogens with one attached hydrogen (secondary N) is 1. The highest BCUT2D eigenvalue weighted by molar-refractivity contribution is 6.07. The monoisotopic (exact) mass is 496 g/mol. The zero-order chi connectivity index (χ0) is 25.2. The molecule has 192 valence electrons. The summed E-state index contributed by atoms with van der Waals surface area (Å²) < 4.78 is 44.2. The smallest absolute Gasteiger partial charge is 0.379 e.